The molecule has 1 saturated carbocycles. The topological polar surface area (TPSA) is 94.5 Å². The van der Waals surface area contributed by atoms with Gasteiger partial charge < -0.3 is 0 Å². The number of nitrogen functional groups attached to an aromatic ring is 1. The van der Waals surface area contributed by atoms with Crippen LogP contribution in [0.3, 0.4) is 0 Å². The number of hydrogen-bond donors (Lipinski definition) is 2. The molecule has 0 amide bonds. The number of nitrogens with two attached hydrogens (primary N) is 1. The van der Waals surface area contributed by atoms with Gasteiger partial charge in [0.25, 0.3) is 5.95 Å². The summed E-state index contributed by atoms with van der Waals surface area (Å²) in [6, 6.07) is 1.82. The van der Waals surface area contributed by atoms with Crippen LogP contribution in [0, 0.1) is 0 Å². The third-order valence-corrected chi connectivity index (χ3v) is 4.21. The molecule has 0 unspecified atom stereocenters. The number of thioether (sulfide) groups is 1. The van der Waals surface area contributed by atoms with Crippen molar-refractivity contribution in [1.82, 2.24) is 24.7 Å². The summed E-state index contributed by atoms with van der Waals surface area (Å²) in [4.78, 5) is 12.9. The molecule has 1 aliphatic carbocycles. The molecule has 2 heterocycles. The summed E-state index contributed by atoms with van der Waals surface area (Å²) in [7, 11) is 0. The lowest BCUT2D eigenvalue weighted by Crippen LogP contribution is -2.14. The van der Waals surface area contributed by atoms with E-state index in [1.165, 1.54) is 25.7 Å². The van der Waals surface area contributed by atoms with Crippen molar-refractivity contribution in [3.05, 3.63) is 18.5 Å². The summed E-state index contributed by atoms with van der Waals surface area (Å²) in [5, 5.41) is 5.41. The van der Waals surface area contributed by atoms with Crippen molar-refractivity contribution < 1.29 is 0 Å². The van der Waals surface area contributed by atoms with Crippen LogP contribution in [0.4, 0.5) is 5.95 Å². The summed E-state index contributed by atoms with van der Waals surface area (Å²) in [5.41, 5.74) is 2.48. The van der Waals surface area contributed by atoms with Crippen molar-refractivity contribution in [3.63, 3.8) is 0 Å². The maximum Gasteiger partial charge on any atom is 0.256 e. The van der Waals surface area contributed by atoms with Crippen LogP contribution in [0.15, 0.2) is 23.6 Å². The summed E-state index contributed by atoms with van der Waals surface area (Å²) in [5.74, 6) is 6.25. The van der Waals surface area contributed by atoms with E-state index < -0.39 is 0 Å². The predicted molar refractivity (Wildman–Crippen MR) is 72.9 cm³/mol. The van der Waals surface area contributed by atoms with Crippen LogP contribution in [0.5, 0.6) is 0 Å². The minimum atomic E-state index is 0.362. The number of hydrazine groups is 1. The standard InChI is InChI=1S/C11H15N7S/c12-17-9-14-10(18-7-3-6-13-18)16-11(15-9)19-8-4-1-2-5-8/h3,6-8H,1-2,4-5,12H2,(H,14,15,16,17). The van der Waals surface area contributed by atoms with Crippen molar-refractivity contribution in [2.24, 2.45) is 5.84 Å². The van der Waals surface area contributed by atoms with Crippen molar-refractivity contribution >= 4 is 17.7 Å². The van der Waals surface area contributed by atoms with Gasteiger partial charge in [-0.05, 0) is 18.9 Å². The molecule has 100 valence electrons. The third-order valence-electron chi connectivity index (χ3n) is 3.02. The van der Waals surface area contributed by atoms with E-state index in [0.29, 0.717) is 22.3 Å². The zero-order valence-electron chi connectivity index (χ0n) is 10.4. The molecule has 0 radical (unpaired) electrons. The monoisotopic (exact) mass is 277 g/mol. The smallest absolute Gasteiger partial charge is 0.256 e. The first-order valence-electron chi connectivity index (χ1n) is 6.24. The molecule has 1 aliphatic rings. The SMILES string of the molecule is NNc1nc(SC2CCCC2)nc(-n2cccn2)n1. The molecule has 3 N–H and O–H groups in total. The molecule has 1 fully saturated rings. The summed E-state index contributed by atoms with van der Waals surface area (Å²) < 4.78 is 1.60. The van der Waals surface area contributed by atoms with Crippen LogP contribution in [0.1, 0.15) is 25.7 Å². The van der Waals surface area contributed by atoms with Gasteiger partial charge in [-0.25, -0.2) is 10.5 Å². The summed E-state index contributed by atoms with van der Waals surface area (Å²) in [6.07, 6.45) is 8.49. The molecular formula is C11H15N7S. The highest BCUT2D eigenvalue weighted by Gasteiger charge is 2.19. The second-order valence-electron chi connectivity index (χ2n) is 4.36. The first-order chi connectivity index (χ1) is 9.35. The Hall–Kier alpha value is -1.67. The van der Waals surface area contributed by atoms with E-state index in [2.05, 4.69) is 25.5 Å². The van der Waals surface area contributed by atoms with Gasteiger partial charge >= 0.3 is 0 Å². The van der Waals surface area contributed by atoms with Crippen molar-refractivity contribution in [1.29, 1.82) is 0 Å². The van der Waals surface area contributed by atoms with E-state index in [9.17, 15) is 0 Å². The molecule has 0 atom stereocenters. The van der Waals surface area contributed by atoms with Gasteiger partial charge in [0, 0.05) is 17.6 Å². The third kappa shape index (κ3) is 2.85. The highest BCUT2D eigenvalue weighted by atomic mass is 32.2. The molecule has 2 aromatic rings. The van der Waals surface area contributed by atoms with Gasteiger partial charge in [-0.15, -0.1) is 0 Å². The van der Waals surface area contributed by atoms with E-state index in [1.807, 2.05) is 6.07 Å². The van der Waals surface area contributed by atoms with Gasteiger partial charge in [-0.1, -0.05) is 24.6 Å². The van der Waals surface area contributed by atoms with Crippen LogP contribution < -0.4 is 11.3 Å². The predicted octanol–water partition coefficient (Wildman–Crippen LogP) is 1.38. The Kier molecular flexibility index (Phi) is 3.60. The summed E-state index contributed by atoms with van der Waals surface area (Å²) in [6.45, 7) is 0. The number of aromatic nitrogens is 5. The molecular weight excluding hydrogens is 262 g/mol. The molecule has 2 aromatic heterocycles. The fourth-order valence-corrected chi connectivity index (χ4v) is 3.25. The molecule has 0 saturated heterocycles. The molecule has 0 aliphatic heterocycles. The second kappa shape index (κ2) is 5.54. The largest absolute Gasteiger partial charge is 0.292 e. The zero-order chi connectivity index (χ0) is 13.1. The Morgan fingerprint density at radius 3 is 2.79 bits per heavy atom. The number of nitrogens with zero attached hydrogens (tertiary/aromatic N) is 5. The van der Waals surface area contributed by atoms with E-state index in [-0.39, 0.29) is 0 Å². The van der Waals surface area contributed by atoms with E-state index >= 15 is 0 Å². The Bertz CT molecular complexity index is 536. The lowest BCUT2D eigenvalue weighted by atomic mass is 10.4. The Labute approximate surface area is 115 Å². The molecule has 8 heteroatoms. The van der Waals surface area contributed by atoms with Gasteiger partial charge in [-0.2, -0.15) is 20.1 Å². The van der Waals surface area contributed by atoms with Crippen LogP contribution in [0.2, 0.25) is 0 Å². The summed E-state index contributed by atoms with van der Waals surface area (Å²) >= 11 is 1.69. The second-order valence-corrected chi connectivity index (χ2v) is 5.63. The van der Waals surface area contributed by atoms with Gasteiger partial charge in [0.1, 0.15) is 0 Å². The van der Waals surface area contributed by atoms with E-state index in [4.69, 9.17) is 5.84 Å². The number of nitrogens with one attached hydrogen (secondary N) is 1. The molecule has 0 bridgehead atoms. The minimum Gasteiger partial charge on any atom is -0.292 e. The van der Waals surface area contributed by atoms with E-state index in [1.54, 1.807) is 28.8 Å². The van der Waals surface area contributed by atoms with Crippen LogP contribution in [-0.2, 0) is 0 Å². The van der Waals surface area contributed by atoms with Gasteiger partial charge in [0.15, 0.2) is 5.16 Å². The maximum absolute atomic E-state index is 5.41. The normalized spacial score (nSPS) is 15.8. The number of anilines is 1. The van der Waals surface area contributed by atoms with Crippen molar-refractivity contribution in [3.8, 4) is 5.95 Å². The fraction of sp³-hybridized carbons (Fsp3) is 0.455. The highest BCUT2D eigenvalue weighted by Crippen LogP contribution is 2.33. The molecule has 0 spiro atoms. The van der Waals surface area contributed by atoms with E-state index in [0.717, 1.165) is 0 Å². The Morgan fingerprint density at radius 1 is 1.26 bits per heavy atom. The van der Waals surface area contributed by atoms with Crippen LogP contribution in [0.25, 0.3) is 5.95 Å². The van der Waals surface area contributed by atoms with Gasteiger partial charge in [0.05, 0.1) is 0 Å². The lowest BCUT2D eigenvalue weighted by molar-refractivity contribution is 0.757. The number of rotatable bonds is 4. The Balaban J connectivity index is 1.88. The quantitative estimate of drug-likeness (QED) is 0.644. The number of hydrogen-bond acceptors (Lipinski definition) is 7. The lowest BCUT2D eigenvalue weighted by Gasteiger charge is -2.09. The first kappa shape index (κ1) is 12.4. The molecule has 19 heavy (non-hydrogen) atoms. The molecule has 7 nitrogen and oxygen atoms in total. The first-order valence-corrected chi connectivity index (χ1v) is 7.12. The average molecular weight is 277 g/mol. The van der Waals surface area contributed by atoms with Crippen LogP contribution >= 0.6 is 11.8 Å². The maximum atomic E-state index is 5.41. The van der Waals surface area contributed by atoms with Crippen molar-refractivity contribution in [2.75, 3.05) is 5.43 Å². The highest BCUT2D eigenvalue weighted by molar-refractivity contribution is 7.99. The minimum absolute atomic E-state index is 0.362. The van der Waals surface area contributed by atoms with Crippen molar-refractivity contribution in [2.45, 2.75) is 36.1 Å². The van der Waals surface area contributed by atoms with Gasteiger partial charge in [-0.3, -0.25) is 5.43 Å². The average Bonchev–Trinajstić information content (AvgIpc) is 3.11. The fourth-order valence-electron chi connectivity index (χ4n) is 2.11. The van der Waals surface area contributed by atoms with Crippen LogP contribution in [-0.4, -0.2) is 30.0 Å². The zero-order valence-corrected chi connectivity index (χ0v) is 11.2. The van der Waals surface area contributed by atoms with Gasteiger partial charge in [0.2, 0.25) is 5.95 Å². The molecule has 3 rings (SSSR count). The molecule has 0 aromatic carbocycles. The Morgan fingerprint density at radius 2 is 2.11 bits per heavy atom.